The summed E-state index contributed by atoms with van der Waals surface area (Å²) in [5, 5.41) is 4.24. The fourth-order valence-corrected chi connectivity index (χ4v) is 1.64. The third-order valence-corrected chi connectivity index (χ3v) is 2.77. The summed E-state index contributed by atoms with van der Waals surface area (Å²) < 4.78 is 6.27. The van der Waals surface area contributed by atoms with E-state index in [0.717, 1.165) is 5.56 Å². The summed E-state index contributed by atoms with van der Waals surface area (Å²) in [5.74, 6) is 0.207. The minimum Gasteiger partial charge on any atom is -0.468 e. The monoisotopic (exact) mass is 274 g/mol. The van der Waals surface area contributed by atoms with Crippen molar-refractivity contribution in [3.05, 3.63) is 36.9 Å². The molecule has 0 saturated heterocycles. The Balaban J connectivity index is 1.97. The molecule has 0 saturated carbocycles. The van der Waals surface area contributed by atoms with Gasteiger partial charge < -0.3 is 10.5 Å². The Morgan fingerprint density at radius 1 is 1.45 bits per heavy atom. The van der Waals surface area contributed by atoms with Gasteiger partial charge >= 0.3 is 5.97 Å². The molecule has 2 rings (SSSR count). The molecular weight excluding hydrogens is 258 g/mol. The molecule has 7 nitrogen and oxygen atoms in total. The molecule has 104 valence electrons. The van der Waals surface area contributed by atoms with E-state index in [2.05, 4.69) is 19.8 Å². The molecule has 2 N–H and O–H groups in total. The first-order chi connectivity index (χ1) is 9.70. The first-order valence-electron chi connectivity index (χ1n) is 6.17. The molecule has 0 fully saturated rings. The number of nitrogens with zero attached hydrogens (tertiary/aromatic N) is 4. The Morgan fingerprint density at radius 2 is 2.20 bits per heavy atom. The number of hydrogen-bond acceptors (Lipinski definition) is 6. The van der Waals surface area contributed by atoms with Crippen LogP contribution in [0, 0.1) is 0 Å². The number of ether oxygens (including phenoxy) is 1. The van der Waals surface area contributed by atoms with E-state index in [0.29, 0.717) is 18.8 Å². The zero-order valence-corrected chi connectivity index (χ0v) is 11.1. The summed E-state index contributed by atoms with van der Waals surface area (Å²) in [6.07, 6.45) is 7.30. The topological polar surface area (TPSA) is 94.9 Å². The lowest BCUT2D eigenvalue weighted by molar-refractivity contribution is -0.754. The number of esters is 1. The fourth-order valence-electron chi connectivity index (χ4n) is 1.64. The van der Waals surface area contributed by atoms with Crippen LogP contribution in [0.15, 0.2) is 36.9 Å². The van der Waals surface area contributed by atoms with Crippen LogP contribution in [0.1, 0.15) is 6.42 Å². The van der Waals surface area contributed by atoms with Crippen molar-refractivity contribution in [1.29, 1.82) is 0 Å². The first kappa shape index (κ1) is 14.0. The van der Waals surface area contributed by atoms with Crippen molar-refractivity contribution in [2.75, 3.05) is 7.11 Å². The van der Waals surface area contributed by atoms with E-state index in [-0.39, 0.29) is 0 Å². The Bertz CT molecular complexity index is 559. The van der Waals surface area contributed by atoms with Gasteiger partial charge in [0.15, 0.2) is 18.6 Å². The van der Waals surface area contributed by atoms with E-state index in [1.165, 1.54) is 7.11 Å². The number of rotatable bonds is 5. The van der Waals surface area contributed by atoms with Crippen LogP contribution in [-0.2, 0) is 16.1 Å². The standard InChI is InChI=1S/C13H16N5O2/c1-20-13(19)11(14)4-8-18-7-3-10(9-17-18)12-15-5-2-6-16-12/h2-3,5-7,9,11H,4,8,14H2,1H3/q+1/t11-/m1/s1. The van der Waals surface area contributed by atoms with Crippen LogP contribution in [0.2, 0.25) is 0 Å². The lowest BCUT2D eigenvalue weighted by atomic mass is 10.2. The number of aromatic nitrogens is 4. The molecule has 0 spiro atoms. The molecule has 0 bridgehead atoms. The summed E-state index contributed by atoms with van der Waals surface area (Å²) in [4.78, 5) is 19.5. The third kappa shape index (κ3) is 3.55. The van der Waals surface area contributed by atoms with Crippen LogP contribution in [0.4, 0.5) is 0 Å². The van der Waals surface area contributed by atoms with Crippen molar-refractivity contribution in [2.45, 2.75) is 19.0 Å². The second-order valence-corrected chi connectivity index (χ2v) is 4.17. The smallest absolute Gasteiger partial charge is 0.322 e. The Kier molecular flexibility index (Phi) is 4.67. The average molecular weight is 274 g/mol. The number of carbonyl (C=O) groups excluding carboxylic acids is 1. The van der Waals surface area contributed by atoms with E-state index in [1.807, 2.05) is 6.07 Å². The first-order valence-corrected chi connectivity index (χ1v) is 6.17. The lowest BCUT2D eigenvalue weighted by Crippen LogP contribution is -2.42. The average Bonchev–Trinajstić information content (AvgIpc) is 2.53. The minimum absolute atomic E-state index is 0.417. The van der Waals surface area contributed by atoms with Crippen molar-refractivity contribution < 1.29 is 14.2 Å². The molecule has 1 atom stereocenters. The highest BCUT2D eigenvalue weighted by Gasteiger charge is 2.16. The summed E-state index contributed by atoms with van der Waals surface area (Å²) in [5.41, 5.74) is 6.49. The van der Waals surface area contributed by atoms with Crippen molar-refractivity contribution in [3.8, 4) is 11.4 Å². The number of carbonyl (C=O) groups is 1. The molecule has 2 aromatic heterocycles. The van der Waals surface area contributed by atoms with Gasteiger partial charge in [0.25, 0.3) is 0 Å². The van der Waals surface area contributed by atoms with Gasteiger partial charge in [-0.2, -0.15) is 0 Å². The molecular formula is C13H16N5O2+. The van der Waals surface area contributed by atoms with Crippen LogP contribution in [-0.4, -0.2) is 34.2 Å². The van der Waals surface area contributed by atoms with E-state index < -0.39 is 12.0 Å². The zero-order valence-electron chi connectivity index (χ0n) is 11.1. The van der Waals surface area contributed by atoms with Gasteiger partial charge in [-0.15, -0.1) is 0 Å². The zero-order chi connectivity index (χ0) is 14.4. The molecule has 0 aromatic carbocycles. The van der Waals surface area contributed by atoms with Gasteiger partial charge in [0.2, 0.25) is 0 Å². The summed E-state index contributed by atoms with van der Waals surface area (Å²) in [6, 6.07) is 2.99. The van der Waals surface area contributed by atoms with Crippen molar-refractivity contribution >= 4 is 5.97 Å². The SMILES string of the molecule is COC(=O)[C@H](N)CC[n+]1ccc(-c2ncccn2)cn1. The Morgan fingerprint density at radius 3 is 2.80 bits per heavy atom. The number of nitrogens with two attached hydrogens (primary N) is 1. The van der Waals surface area contributed by atoms with Gasteiger partial charge in [-0.05, 0) is 11.2 Å². The van der Waals surface area contributed by atoms with Gasteiger partial charge in [0.05, 0.1) is 7.11 Å². The summed E-state index contributed by atoms with van der Waals surface area (Å²) in [6.45, 7) is 0.534. The van der Waals surface area contributed by atoms with Crippen molar-refractivity contribution in [1.82, 2.24) is 15.1 Å². The summed E-state index contributed by atoms with van der Waals surface area (Å²) in [7, 11) is 1.32. The molecule has 0 aliphatic rings. The van der Waals surface area contributed by atoms with Crippen LogP contribution in [0.25, 0.3) is 11.4 Å². The number of aryl methyl sites for hydroxylation is 1. The van der Waals surface area contributed by atoms with E-state index in [1.54, 1.807) is 35.5 Å². The van der Waals surface area contributed by atoms with Crippen molar-refractivity contribution in [3.63, 3.8) is 0 Å². The van der Waals surface area contributed by atoms with Gasteiger partial charge in [0.1, 0.15) is 12.2 Å². The maximum absolute atomic E-state index is 11.2. The molecule has 7 heteroatoms. The molecule has 2 heterocycles. The molecule has 0 aliphatic heterocycles. The van der Waals surface area contributed by atoms with Gasteiger partial charge in [-0.25, -0.2) is 9.97 Å². The molecule has 0 radical (unpaired) electrons. The van der Waals surface area contributed by atoms with Gasteiger partial charge in [-0.1, -0.05) is 4.68 Å². The summed E-state index contributed by atoms with van der Waals surface area (Å²) >= 11 is 0. The Labute approximate surface area is 116 Å². The van der Waals surface area contributed by atoms with Crippen LogP contribution in [0.5, 0.6) is 0 Å². The predicted octanol–water partition coefficient (Wildman–Crippen LogP) is -0.283. The lowest BCUT2D eigenvalue weighted by Gasteiger charge is -2.05. The normalized spacial score (nSPS) is 11.9. The van der Waals surface area contributed by atoms with E-state index in [9.17, 15) is 4.79 Å². The predicted molar refractivity (Wildman–Crippen MR) is 70.1 cm³/mol. The molecule has 0 aliphatic carbocycles. The van der Waals surface area contributed by atoms with Crippen LogP contribution in [0.3, 0.4) is 0 Å². The number of methoxy groups -OCH3 is 1. The second-order valence-electron chi connectivity index (χ2n) is 4.17. The fraction of sp³-hybridized carbons (Fsp3) is 0.308. The van der Waals surface area contributed by atoms with Crippen LogP contribution >= 0.6 is 0 Å². The van der Waals surface area contributed by atoms with Crippen LogP contribution < -0.4 is 10.4 Å². The molecule has 0 amide bonds. The molecule has 2 aromatic rings. The maximum atomic E-state index is 11.2. The molecule has 20 heavy (non-hydrogen) atoms. The van der Waals surface area contributed by atoms with Crippen molar-refractivity contribution in [2.24, 2.45) is 5.73 Å². The highest BCUT2D eigenvalue weighted by Crippen LogP contribution is 2.09. The van der Waals surface area contributed by atoms with Gasteiger partial charge in [0, 0.05) is 30.4 Å². The quantitative estimate of drug-likeness (QED) is 0.595. The van der Waals surface area contributed by atoms with Gasteiger partial charge in [-0.3, -0.25) is 4.79 Å². The highest BCUT2D eigenvalue weighted by molar-refractivity contribution is 5.75. The maximum Gasteiger partial charge on any atom is 0.322 e. The van der Waals surface area contributed by atoms with E-state index >= 15 is 0 Å². The van der Waals surface area contributed by atoms with E-state index in [4.69, 9.17) is 5.73 Å². The largest absolute Gasteiger partial charge is 0.468 e. The third-order valence-electron chi connectivity index (χ3n) is 2.77. The second kappa shape index (κ2) is 6.67. The Hall–Kier alpha value is -2.41. The minimum atomic E-state index is -0.633. The highest BCUT2D eigenvalue weighted by atomic mass is 16.5. The molecule has 0 unspecified atom stereocenters. The number of hydrogen-bond donors (Lipinski definition) is 1.